The molecule has 0 saturated carbocycles. The molecule has 1 heterocycles. The highest BCUT2D eigenvalue weighted by atomic mass is 32.1. The van der Waals surface area contributed by atoms with Crippen LogP contribution in [0.25, 0.3) is 10.4 Å². The molecule has 0 fully saturated rings. The zero-order chi connectivity index (χ0) is 13.3. The lowest BCUT2D eigenvalue weighted by atomic mass is 10.1. The van der Waals surface area contributed by atoms with Crippen molar-refractivity contribution in [1.29, 1.82) is 0 Å². The van der Waals surface area contributed by atoms with Crippen LogP contribution >= 0.6 is 11.3 Å². The Morgan fingerprint density at radius 2 is 1.67 bits per heavy atom. The van der Waals surface area contributed by atoms with Crippen molar-refractivity contribution < 1.29 is 17.6 Å². The minimum atomic E-state index is -1.40. The standard InChI is InChI=1S/C12H9F4NS/c1-17-5-6-2-3-9(18-6)10-11(15)7(13)4-8(14)12(10)16/h2-4,17H,5H2,1H3. The van der Waals surface area contributed by atoms with Gasteiger partial charge in [0.1, 0.15) is 0 Å². The molecular weight excluding hydrogens is 266 g/mol. The second-order valence-electron chi connectivity index (χ2n) is 3.64. The van der Waals surface area contributed by atoms with E-state index in [1.54, 1.807) is 13.1 Å². The molecule has 0 spiro atoms. The van der Waals surface area contributed by atoms with Crippen LogP contribution in [0.3, 0.4) is 0 Å². The van der Waals surface area contributed by atoms with Gasteiger partial charge in [0.05, 0.1) is 5.56 Å². The molecule has 1 aromatic heterocycles. The van der Waals surface area contributed by atoms with Gasteiger partial charge in [-0.3, -0.25) is 0 Å². The van der Waals surface area contributed by atoms with Gasteiger partial charge in [0.15, 0.2) is 23.3 Å². The van der Waals surface area contributed by atoms with Crippen LogP contribution in [0.4, 0.5) is 17.6 Å². The molecule has 96 valence electrons. The highest BCUT2D eigenvalue weighted by molar-refractivity contribution is 7.15. The highest BCUT2D eigenvalue weighted by Crippen LogP contribution is 2.34. The van der Waals surface area contributed by atoms with Crippen molar-refractivity contribution in [3.05, 3.63) is 46.3 Å². The Kier molecular flexibility index (Phi) is 3.68. The largest absolute Gasteiger partial charge is 0.315 e. The Bertz CT molecular complexity index is 553. The van der Waals surface area contributed by atoms with E-state index in [2.05, 4.69) is 5.32 Å². The molecule has 18 heavy (non-hydrogen) atoms. The van der Waals surface area contributed by atoms with Crippen molar-refractivity contribution in [1.82, 2.24) is 5.32 Å². The van der Waals surface area contributed by atoms with Gasteiger partial charge < -0.3 is 5.32 Å². The Labute approximate surface area is 105 Å². The van der Waals surface area contributed by atoms with Crippen molar-refractivity contribution >= 4 is 11.3 Å². The Hall–Kier alpha value is -1.40. The molecule has 0 bridgehead atoms. The summed E-state index contributed by atoms with van der Waals surface area (Å²) in [5, 5.41) is 2.88. The molecule has 6 heteroatoms. The van der Waals surface area contributed by atoms with Crippen LogP contribution in [-0.2, 0) is 6.54 Å². The summed E-state index contributed by atoms with van der Waals surface area (Å²) >= 11 is 1.08. The Morgan fingerprint density at radius 3 is 2.22 bits per heavy atom. The van der Waals surface area contributed by atoms with Crippen LogP contribution in [0.15, 0.2) is 18.2 Å². The van der Waals surface area contributed by atoms with Gasteiger partial charge in [-0.25, -0.2) is 17.6 Å². The fourth-order valence-corrected chi connectivity index (χ4v) is 2.62. The predicted octanol–water partition coefficient (Wildman–Crippen LogP) is 3.69. The van der Waals surface area contributed by atoms with Crippen LogP contribution in [-0.4, -0.2) is 7.05 Å². The van der Waals surface area contributed by atoms with E-state index in [0.717, 1.165) is 16.2 Å². The third-order valence-electron chi connectivity index (χ3n) is 2.37. The number of rotatable bonds is 3. The SMILES string of the molecule is CNCc1ccc(-c2c(F)c(F)cc(F)c2F)s1. The molecule has 0 aliphatic rings. The van der Waals surface area contributed by atoms with Crippen molar-refractivity contribution in [2.45, 2.75) is 6.54 Å². The number of halogens is 4. The lowest BCUT2D eigenvalue weighted by Gasteiger charge is -2.04. The van der Waals surface area contributed by atoms with Crippen molar-refractivity contribution in [3.63, 3.8) is 0 Å². The zero-order valence-electron chi connectivity index (χ0n) is 9.36. The van der Waals surface area contributed by atoms with Crippen LogP contribution in [0.5, 0.6) is 0 Å². The van der Waals surface area contributed by atoms with Gasteiger partial charge in [0, 0.05) is 22.4 Å². The topological polar surface area (TPSA) is 12.0 Å². The summed E-state index contributed by atoms with van der Waals surface area (Å²) in [4.78, 5) is 0.976. The number of thiophene rings is 1. The molecule has 0 aliphatic heterocycles. The second kappa shape index (κ2) is 5.07. The maximum Gasteiger partial charge on any atom is 0.170 e. The van der Waals surface area contributed by atoms with E-state index < -0.39 is 28.8 Å². The third kappa shape index (κ3) is 2.26. The van der Waals surface area contributed by atoms with Gasteiger partial charge in [0.2, 0.25) is 0 Å². The van der Waals surface area contributed by atoms with Crippen LogP contribution in [0.1, 0.15) is 4.88 Å². The summed E-state index contributed by atoms with van der Waals surface area (Å²) in [5.74, 6) is -5.53. The van der Waals surface area contributed by atoms with Crippen molar-refractivity contribution in [3.8, 4) is 10.4 Å². The summed E-state index contributed by atoms with van der Waals surface area (Å²) in [6, 6.07) is 3.30. The summed E-state index contributed by atoms with van der Waals surface area (Å²) in [7, 11) is 1.72. The van der Waals surface area contributed by atoms with Crippen molar-refractivity contribution in [2.24, 2.45) is 0 Å². The molecule has 0 saturated heterocycles. The van der Waals surface area contributed by atoms with E-state index in [1.165, 1.54) is 6.07 Å². The first kappa shape index (κ1) is 13.0. The fourth-order valence-electron chi connectivity index (χ4n) is 1.57. The maximum atomic E-state index is 13.5. The molecule has 1 nitrogen and oxygen atoms in total. The minimum absolute atomic E-state index is 0.161. The average Bonchev–Trinajstić information content (AvgIpc) is 2.76. The summed E-state index contributed by atoms with van der Waals surface area (Å²) in [6.45, 7) is 0.520. The van der Waals surface area contributed by atoms with Crippen molar-refractivity contribution in [2.75, 3.05) is 7.05 Å². The summed E-state index contributed by atoms with van der Waals surface area (Å²) in [6.07, 6.45) is 0. The van der Waals surface area contributed by atoms with E-state index in [0.29, 0.717) is 6.54 Å². The summed E-state index contributed by atoms with van der Waals surface area (Å²) in [5.41, 5.74) is -0.653. The summed E-state index contributed by atoms with van der Waals surface area (Å²) < 4.78 is 53.2. The van der Waals surface area contributed by atoms with E-state index >= 15 is 0 Å². The van der Waals surface area contributed by atoms with Gasteiger partial charge >= 0.3 is 0 Å². The first-order valence-corrected chi connectivity index (χ1v) is 5.93. The Balaban J connectivity index is 2.55. The van der Waals surface area contributed by atoms with Gasteiger partial charge in [0.25, 0.3) is 0 Å². The number of hydrogen-bond donors (Lipinski definition) is 1. The molecular formula is C12H9F4NS. The van der Waals surface area contributed by atoms with Gasteiger partial charge in [-0.1, -0.05) is 0 Å². The number of nitrogens with one attached hydrogen (secondary N) is 1. The molecule has 2 rings (SSSR count). The van der Waals surface area contributed by atoms with E-state index in [4.69, 9.17) is 0 Å². The van der Waals surface area contributed by atoms with E-state index in [1.807, 2.05) is 0 Å². The zero-order valence-corrected chi connectivity index (χ0v) is 10.2. The van der Waals surface area contributed by atoms with E-state index in [9.17, 15) is 17.6 Å². The monoisotopic (exact) mass is 275 g/mol. The lowest BCUT2D eigenvalue weighted by molar-refractivity contribution is 0.458. The minimum Gasteiger partial charge on any atom is -0.315 e. The first-order valence-electron chi connectivity index (χ1n) is 5.11. The molecule has 0 unspecified atom stereocenters. The van der Waals surface area contributed by atoms with Gasteiger partial charge in [-0.2, -0.15) is 0 Å². The molecule has 0 aliphatic carbocycles. The molecule has 0 amide bonds. The Morgan fingerprint density at radius 1 is 1.06 bits per heavy atom. The van der Waals surface area contributed by atoms with Gasteiger partial charge in [-0.05, 0) is 19.2 Å². The number of hydrogen-bond acceptors (Lipinski definition) is 2. The quantitative estimate of drug-likeness (QED) is 0.665. The lowest BCUT2D eigenvalue weighted by Crippen LogP contribution is -2.02. The van der Waals surface area contributed by atoms with Gasteiger partial charge in [-0.15, -0.1) is 11.3 Å². The molecule has 1 N–H and O–H groups in total. The molecule has 1 aromatic carbocycles. The third-order valence-corrected chi connectivity index (χ3v) is 3.47. The first-order chi connectivity index (χ1) is 8.54. The maximum absolute atomic E-state index is 13.5. The average molecular weight is 275 g/mol. The molecule has 2 aromatic rings. The fraction of sp³-hybridized carbons (Fsp3) is 0.167. The molecule has 0 atom stereocenters. The van der Waals surface area contributed by atoms with E-state index in [-0.39, 0.29) is 10.9 Å². The predicted molar refractivity (Wildman–Crippen MR) is 62.4 cm³/mol. The van der Waals surface area contributed by atoms with Crippen LogP contribution < -0.4 is 5.32 Å². The highest BCUT2D eigenvalue weighted by Gasteiger charge is 2.21. The second-order valence-corrected chi connectivity index (χ2v) is 4.81. The normalized spacial score (nSPS) is 10.9. The van der Waals surface area contributed by atoms with Crippen LogP contribution in [0.2, 0.25) is 0 Å². The molecule has 0 radical (unpaired) electrons. The van der Waals surface area contributed by atoms with Crippen LogP contribution in [0, 0.1) is 23.3 Å². The number of benzene rings is 1. The smallest absolute Gasteiger partial charge is 0.170 e.